The molecule has 17 heavy (non-hydrogen) atoms. The van der Waals surface area contributed by atoms with Crippen LogP contribution in [0.2, 0.25) is 0 Å². The third-order valence-corrected chi connectivity index (χ3v) is 5.97. The number of rotatable bonds is 3. The van der Waals surface area contributed by atoms with Crippen molar-refractivity contribution in [2.75, 3.05) is 18.1 Å². The number of thioether (sulfide) groups is 1. The van der Waals surface area contributed by atoms with Gasteiger partial charge in [0.05, 0.1) is 0 Å². The fourth-order valence-electron chi connectivity index (χ4n) is 3.11. The molecule has 1 saturated carbocycles. The zero-order valence-corrected chi connectivity index (χ0v) is 12.6. The van der Waals surface area contributed by atoms with Gasteiger partial charge in [-0.1, -0.05) is 33.6 Å². The van der Waals surface area contributed by atoms with Crippen LogP contribution in [0.25, 0.3) is 0 Å². The molecule has 1 aliphatic heterocycles. The Morgan fingerprint density at radius 2 is 1.88 bits per heavy atom. The molecule has 2 heteroatoms. The number of hydrogen-bond acceptors (Lipinski definition) is 2. The van der Waals surface area contributed by atoms with Crippen molar-refractivity contribution in [2.24, 2.45) is 17.3 Å². The summed E-state index contributed by atoms with van der Waals surface area (Å²) < 4.78 is 0. The average Bonchev–Trinajstić information content (AvgIpc) is 2.29. The highest BCUT2D eigenvalue weighted by molar-refractivity contribution is 7.99. The van der Waals surface area contributed by atoms with Crippen LogP contribution < -0.4 is 5.32 Å². The quantitative estimate of drug-likeness (QED) is 0.820. The minimum absolute atomic E-state index is 0.507. The molecule has 1 aliphatic carbocycles. The predicted octanol–water partition coefficient (Wildman–Crippen LogP) is 3.93. The first-order chi connectivity index (χ1) is 8.08. The van der Waals surface area contributed by atoms with Gasteiger partial charge in [0, 0.05) is 11.8 Å². The summed E-state index contributed by atoms with van der Waals surface area (Å²) >= 11 is 2.13. The molecular weight excluding hydrogens is 226 g/mol. The second-order valence-electron chi connectivity index (χ2n) is 6.90. The molecule has 1 saturated heterocycles. The Kier molecular flexibility index (Phi) is 4.82. The summed E-state index contributed by atoms with van der Waals surface area (Å²) in [5, 5.41) is 3.88. The third-order valence-electron chi connectivity index (χ3n) is 4.91. The zero-order chi connectivity index (χ0) is 12.3. The van der Waals surface area contributed by atoms with E-state index in [1.807, 2.05) is 0 Å². The van der Waals surface area contributed by atoms with Gasteiger partial charge in [-0.05, 0) is 48.8 Å². The van der Waals surface area contributed by atoms with Crippen LogP contribution in [0.3, 0.4) is 0 Å². The summed E-state index contributed by atoms with van der Waals surface area (Å²) in [6.45, 7) is 8.55. The first-order valence-electron chi connectivity index (χ1n) is 7.39. The van der Waals surface area contributed by atoms with Crippen LogP contribution in [0.5, 0.6) is 0 Å². The molecule has 1 atom stereocenters. The van der Waals surface area contributed by atoms with Gasteiger partial charge < -0.3 is 5.32 Å². The Morgan fingerprint density at radius 1 is 1.18 bits per heavy atom. The van der Waals surface area contributed by atoms with Crippen LogP contribution in [-0.2, 0) is 0 Å². The van der Waals surface area contributed by atoms with Gasteiger partial charge in [-0.2, -0.15) is 11.8 Å². The largest absolute Gasteiger partial charge is 0.312 e. The average molecular weight is 255 g/mol. The molecule has 2 fully saturated rings. The summed E-state index contributed by atoms with van der Waals surface area (Å²) in [5.41, 5.74) is 0.507. The molecule has 1 unspecified atom stereocenters. The van der Waals surface area contributed by atoms with Gasteiger partial charge in [0.15, 0.2) is 0 Å². The topological polar surface area (TPSA) is 12.0 Å². The number of nitrogens with one attached hydrogen (secondary N) is 1. The van der Waals surface area contributed by atoms with Crippen LogP contribution in [0.1, 0.15) is 52.9 Å². The molecule has 0 amide bonds. The lowest BCUT2D eigenvalue weighted by molar-refractivity contribution is 0.216. The smallest absolute Gasteiger partial charge is 0.0209 e. The van der Waals surface area contributed by atoms with Crippen LogP contribution in [0.15, 0.2) is 0 Å². The predicted molar refractivity (Wildman–Crippen MR) is 78.6 cm³/mol. The van der Waals surface area contributed by atoms with Crippen molar-refractivity contribution >= 4 is 11.8 Å². The molecule has 0 spiro atoms. The minimum Gasteiger partial charge on any atom is -0.312 e. The molecule has 2 rings (SSSR count). The molecule has 0 aromatic heterocycles. The van der Waals surface area contributed by atoms with Crippen molar-refractivity contribution < 1.29 is 0 Å². The minimum atomic E-state index is 0.507. The summed E-state index contributed by atoms with van der Waals surface area (Å²) in [5.74, 6) is 4.60. The maximum atomic E-state index is 3.88. The summed E-state index contributed by atoms with van der Waals surface area (Å²) in [7, 11) is 0. The van der Waals surface area contributed by atoms with Crippen LogP contribution in [0, 0.1) is 17.3 Å². The van der Waals surface area contributed by atoms with E-state index in [0.717, 1.165) is 17.9 Å². The highest BCUT2D eigenvalue weighted by Crippen LogP contribution is 2.35. The molecule has 0 aromatic rings. The molecule has 100 valence electrons. The Hall–Kier alpha value is 0.310. The highest BCUT2D eigenvalue weighted by atomic mass is 32.2. The van der Waals surface area contributed by atoms with Gasteiger partial charge in [-0.25, -0.2) is 0 Å². The van der Waals surface area contributed by atoms with Crippen molar-refractivity contribution in [3.63, 3.8) is 0 Å². The van der Waals surface area contributed by atoms with E-state index in [-0.39, 0.29) is 0 Å². The van der Waals surface area contributed by atoms with E-state index >= 15 is 0 Å². The van der Waals surface area contributed by atoms with Crippen molar-refractivity contribution in [1.82, 2.24) is 5.32 Å². The van der Waals surface area contributed by atoms with Gasteiger partial charge >= 0.3 is 0 Å². The van der Waals surface area contributed by atoms with E-state index in [0.29, 0.717) is 5.41 Å². The zero-order valence-electron chi connectivity index (χ0n) is 11.8. The van der Waals surface area contributed by atoms with Gasteiger partial charge in [-0.3, -0.25) is 0 Å². The standard InChI is InChI=1S/C15H29NS/c1-12-4-6-13(7-5-12)10-16-14-11-17-9-8-15(14,2)3/h12-14,16H,4-11H2,1-3H3. The van der Waals surface area contributed by atoms with E-state index in [1.54, 1.807) is 0 Å². The Morgan fingerprint density at radius 3 is 2.53 bits per heavy atom. The molecule has 1 N–H and O–H groups in total. The van der Waals surface area contributed by atoms with E-state index in [2.05, 4.69) is 37.8 Å². The second-order valence-corrected chi connectivity index (χ2v) is 8.05. The summed E-state index contributed by atoms with van der Waals surface area (Å²) in [6.07, 6.45) is 7.18. The molecule has 1 heterocycles. The maximum absolute atomic E-state index is 3.88. The lowest BCUT2D eigenvalue weighted by atomic mass is 9.80. The lowest BCUT2D eigenvalue weighted by Gasteiger charge is -2.40. The summed E-state index contributed by atoms with van der Waals surface area (Å²) in [4.78, 5) is 0. The normalized spacial score (nSPS) is 37.9. The van der Waals surface area contributed by atoms with Crippen LogP contribution >= 0.6 is 11.8 Å². The highest BCUT2D eigenvalue weighted by Gasteiger charge is 2.32. The molecule has 1 nitrogen and oxygen atoms in total. The molecule has 0 aromatic carbocycles. The third kappa shape index (κ3) is 3.89. The van der Waals surface area contributed by atoms with E-state index in [4.69, 9.17) is 0 Å². The Labute approximate surface area is 112 Å². The van der Waals surface area contributed by atoms with Gasteiger partial charge in [0.1, 0.15) is 0 Å². The fraction of sp³-hybridized carbons (Fsp3) is 1.00. The Balaban J connectivity index is 1.73. The molecule has 2 aliphatic rings. The van der Waals surface area contributed by atoms with Crippen molar-refractivity contribution in [1.29, 1.82) is 0 Å². The summed E-state index contributed by atoms with van der Waals surface area (Å²) in [6, 6.07) is 0.737. The van der Waals surface area contributed by atoms with E-state index in [9.17, 15) is 0 Å². The molecule has 0 bridgehead atoms. The first-order valence-corrected chi connectivity index (χ1v) is 8.54. The van der Waals surface area contributed by atoms with E-state index < -0.39 is 0 Å². The first kappa shape index (κ1) is 13.7. The van der Waals surface area contributed by atoms with Crippen LogP contribution in [-0.4, -0.2) is 24.1 Å². The van der Waals surface area contributed by atoms with Crippen LogP contribution in [0.4, 0.5) is 0 Å². The number of hydrogen-bond donors (Lipinski definition) is 1. The fourth-order valence-corrected chi connectivity index (χ4v) is 4.76. The van der Waals surface area contributed by atoms with Crippen molar-refractivity contribution in [2.45, 2.75) is 58.9 Å². The second kappa shape index (κ2) is 5.97. The lowest BCUT2D eigenvalue weighted by Crippen LogP contribution is -2.48. The monoisotopic (exact) mass is 255 g/mol. The molecular formula is C15H29NS. The van der Waals surface area contributed by atoms with Gasteiger partial charge in [0.25, 0.3) is 0 Å². The SMILES string of the molecule is CC1CCC(CNC2CSCCC2(C)C)CC1. The Bertz CT molecular complexity index is 231. The molecule has 0 radical (unpaired) electrons. The van der Waals surface area contributed by atoms with Gasteiger partial charge in [0.2, 0.25) is 0 Å². The van der Waals surface area contributed by atoms with Crippen molar-refractivity contribution in [3.05, 3.63) is 0 Å². The van der Waals surface area contributed by atoms with Crippen molar-refractivity contribution in [3.8, 4) is 0 Å². The maximum Gasteiger partial charge on any atom is 0.0209 e. The van der Waals surface area contributed by atoms with Gasteiger partial charge in [-0.15, -0.1) is 0 Å². The van der Waals surface area contributed by atoms with E-state index in [1.165, 1.54) is 50.2 Å².